The van der Waals surface area contributed by atoms with Crippen molar-refractivity contribution in [2.75, 3.05) is 19.8 Å². The van der Waals surface area contributed by atoms with E-state index < -0.39 is 23.7 Å². The molecule has 1 aliphatic rings. The molecule has 34 heavy (non-hydrogen) atoms. The maximum absolute atomic E-state index is 13.5. The van der Waals surface area contributed by atoms with Crippen LogP contribution in [-0.2, 0) is 19.1 Å². The quantitative estimate of drug-likeness (QED) is 0.337. The second kappa shape index (κ2) is 13.9. The van der Waals surface area contributed by atoms with Gasteiger partial charge in [-0.05, 0) is 36.7 Å². The molecule has 188 valence electrons. The summed E-state index contributed by atoms with van der Waals surface area (Å²) in [5.41, 5.74) is 5.50. The molecule has 1 aromatic rings. The number of amides is 3. The Balaban J connectivity index is 2.23. The Morgan fingerprint density at radius 3 is 2.35 bits per heavy atom. The normalized spacial score (nSPS) is 17.7. The lowest BCUT2D eigenvalue weighted by Gasteiger charge is -2.31. The Morgan fingerprint density at radius 2 is 1.79 bits per heavy atom. The van der Waals surface area contributed by atoms with Gasteiger partial charge in [-0.15, -0.1) is 0 Å². The molecule has 0 radical (unpaired) electrons. The first-order valence-corrected chi connectivity index (χ1v) is 12.1. The van der Waals surface area contributed by atoms with Crippen LogP contribution in [0, 0.1) is 29.6 Å². The fourth-order valence-corrected chi connectivity index (χ4v) is 4.14. The predicted octanol–water partition coefficient (Wildman–Crippen LogP) is 3.43. The lowest BCUT2D eigenvalue weighted by molar-refractivity contribution is -0.149. The van der Waals surface area contributed by atoms with Crippen LogP contribution in [0.5, 0.6) is 0 Å². The van der Waals surface area contributed by atoms with Crippen LogP contribution in [0.2, 0.25) is 0 Å². The largest absolute Gasteiger partial charge is 0.381 e. The minimum absolute atomic E-state index is 0.125. The summed E-state index contributed by atoms with van der Waals surface area (Å²) >= 11 is 0. The van der Waals surface area contributed by atoms with Gasteiger partial charge in [-0.25, -0.2) is 5.48 Å². The van der Waals surface area contributed by atoms with Crippen LogP contribution >= 0.6 is 0 Å². The fourth-order valence-electron chi connectivity index (χ4n) is 4.14. The van der Waals surface area contributed by atoms with Crippen molar-refractivity contribution < 1.29 is 24.3 Å². The van der Waals surface area contributed by atoms with Gasteiger partial charge in [-0.1, -0.05) is 70.2 Å². The molecule has 0 saturated carbocycles. The Labute approximate surface area is 202 Å². The standard InChI is InChI=1S/C26H39N3O5/c1-18(2)15-23(22(25(31)28-33)12-8-11-20-9-6-5-7-10-20)24(30)27-29(16-19(3)4)26(32)21-13-14-34-17-21/h5-11,18-19,21-23,33H,12-17H2,1-4H3,(H,27,30)(H,28,31)/t21?,22-,23+/m0/s1. The van der Waals surface area contributed by atoms with E-state index in [1.807, 2.05) is 70.2 Å². The van der Waals surface area contributed by atoms with Gasteiger partial charge in [0.05, 0.1) is 24.4 Å². The van der Waals surface area contributed by atoms with E-state index in [0.717, 1.165) is 5.56 Å². The Kier molecular flexibility index (Phi) is 11.2. The van der Waals surface area contributed by atoms with Gasteiger partial charge < -0.3 is 4.74 Å². The highest BCUT2D eigenvalue weighted by Gasteiger charge is 2.36. The molecule has 1 aliphatic heterocycles. The van der Waals surface area contributed by atoms with Crippen LogP contribution in [0.4, 0.5) is 0 Å². The average molecular weight is 474 g/mol. The highest BCUT2D eigenvalue weighted by molar-refractivity contribution is 5.89. The first-order valence-electron chi connectivity index (χ1n) is 12.1. The molecule has 1 saturated heterocycles. The van der Waals surface area contributed by atoms with E-state index in [2.05, 4.69) is 5.43 Å². The van der Waals surface area contributed by atoms with Gasteiger partial charge >= 0.3 is 0 Å². The zero-order valence-corrected chi connectivity index (χ0v) is 20.7. The van der Waals surface area contributed by atoms with Crippen LogP contribution in [0.15, 0.2) is 36.4 Å². The molecular formula is C26H39N3O5. The fraction of sp³-hybridized carbons (Fsp3) is 0.577. The van der Waals surface area contributed by atoms with Crippen LogP contribution in [-0.4, -0.2) is 47.7 Å². The molecule has 3 amide bonds. The number of nitrogens with one attached hydrogen (secondary N) is 2. The highest BCUT2D eigenvalue weighted by Crippen LogP contribution is 2.26. The topological polar surface area (TPSA) is 108 Å². The van der Waals surface area contributed by atoms with Crippen molar-refractivity contribution in [3.63, 3.8) is 0 Å². The van der Waals surface area contributed by atoms with Crippen LogP contribution in [0.3, 0.4) is 0 Å². The number of hydroxylamine groups is 1. The number of carbonyl (C=O) groups excluding carboxylic acids is 3. The molecule has 0 aromatic heterocycles. The van der Waals surface area contributed by atoms with E-state index in [9.17, 15) is 19.6 Å². The number of carbonyl (C=O) groups is 3. The summed E-state index contributed by atoms with van der Waals surface area (Å²) in [6.45, 7) is 9.13. The van der Waals surface area contributed by atoms with Gasteiger partial charge in [0.25, 0.3) is 0 Å². The monoisotopic (exact) mass is 473 g/mol. The van der Waals surface area contributed by atoms with Gasteiger partial charge in [-0.2, -0.15) is 0 Å². The maximum atomic E-state index is 13.5. The van der Waals surface area contributed by atoms with Crippen molar-refractivity contribution in [2.24, 2.45) is 29.6 Å². The van der Waals surface area contributed by atoms with E-state index in [-0.39, 0.29) is 30.1 Å². The minimum Gasteiger partial charge on any atom is -0.381 e. The molecule has 1 heterocycles. The zero-order chi connectivity index (χ0) is 25.1. The Hall–Kier alpha value is -2.71. The molecule has 1 unspecified atom stereocenters. The number of ether oxygens (including phenoxy) is 1. The summed E-state index contributed by atoms with van der Waals surface area (Å²) in [7, 11) is 0. The average Bonchev–Trinajstić information content (AvgIpc) is 3.34. The van der Waals surface area contributed by atoms with E-state index in [1.54, 1.807) is 5.48 Å². The number of rotatable bonds is 11. The smallest absolute Gasteiger partial charge is 0.247 e. The Morgan fingerprint density at radius 1 is 1.09 bits per heavy atom. The van der Waals surface area contributed by atoms with E-state index in [4.69, 9.17) is 4.74 Å². The lowest BCUT2D eigenvalue weighted by atomic mass is 9.82. The Bertz CT molecular complexity index is 819. The summed E-state index contributed by atoms with van der Waals surface area (Å²) in [4.78, 5) is 39.1. The molecule has 3 N–H and O–H groups in total. The molecule has 8 nitrogen and oxygen atoms in total. The molecular weight excluding hydrogens is 434 g/mol. The molecule has 2 rings (SSSR count). The number of hydrogen-bond donors (Lipinski definition) is 3. The van der Waals surface area contributed by atoms with Crippen LogP contribution in [0.25, 0.3) is 6.08 Å². The SMILES string of the molecule is CC(C)C[C@@H](C(=O)NN(CC(C)C)C(=O)C1CCOC1)[C@H](CC=Cc1ccccc1)C(=O)NO. The van der Waals surface area contributed by atoms with Crippen molar-refractivity contribution in [3.05, 3.63) is 42.0 Å². The third-order valence-electron chi connectivity index (χ3n) is 5.83. The summed E-state index contributed by atoms with van der Waals surface area (Å²) < 4.78 is 5.35. The second-order valence-electron chi connectivity index (χ2n) is 9.75. The maximum Gasteiger partial charge on any atom is 0.247 e. The van der Waals surface area contributed by atoms with Crippen molar-refractivity contribution in [3.8, 4) is 0 Å². The van der Waals surface area contributed by atoms with Gasteiger partial charge in [0, 0.05) is 13.2 Å². The molecule has 0 bridgehead atoms. The first-order chi connectivity index (χ1) is 16.2. The zero-order valence-electron chi connectivity index (χ0n) is 20.7. The van der Waals surface area contributed by atoms with Gasteiger partial charge in [0.2, 0.25) is 17.7 Å². The number of hydrazine groups is 1. The van der Waals surface area contributed by atoms with Gasteiger partial charge in [0.15, 0.2) is 0 Å². The van der Waals surface area contributed by atoms with E-state index in [0.29, 0.717) is 32.6 Å². The number of allylic oxidation sites excluding steroid dienone is 1. The summed E-state index contributed by atoms with van der Waals surface area (Å²) in [5, 5.41) is 10.8. The van der Waals surface area contributed by atoms with Crippen molar-refractivity contribution in [1.82, 2.24) is 15.9 Å². The second-order valence-corrected chi connectivity index (χ2v) is 9.75. The molecule has 0 aliphatic carbocycles. The predicted molar refractivity (Wildman–Crippen MR) is 130 cm³/mol. The minimum atomic E-state index is -0.793. The van der Waals surface area contributed by atoms with E-state index >= 15 is 0 Å². The summed E-state index contributed by atoms with van der Waals surface area (Å²) in [5.74, 6) is -2.73. The molecule has 0 spiro atoms. The summed E-state index contributed by atoms with van der Waals surface area (Å²) in [6, 6.07) is 9.64. The van der Waals surface area contributed by atoms with Gasteiger partial charge in [0.1, 0.15) is 0 Å². The molecule has 8 heteroatoms. The highest BCUT2D eigenvalue weighted by atomic mass is 16.5. The third kappa shape index (κ3) is 8.57. The number of nitrogens with zero attached hydrogens (tertiary/aromatic N) is 1. The number of benzene rings is 1. The molecule has 3 atom stereocenters. The molecule has 1 fully saturated rings. The number of hydrogen-bond acceptors (Lipinski definition) is 5. The van der Waals surface area contributed by atoms with Crippen molar-refractivity contribution >= 4 is 23.8 Å². The lowest BCUT2D eigenvalue weighted by Crippen LogP contribution is -2.53. The molecule has 1 aromatic carbocycles. The third-order valence-corrected chi connectivity index (χ3v) is 5.83. The van der Waals surface area contributed by atoms with Crippen LogP contribution < -0.4 is 10.9 Å². The first kappa shape index (κ1) is 27.5. The van der Waals surface area contributed by atoms with Crippen LogP contribution in [0.1, 0.15) is 52.5 Å². The summed E-state index contributed by atoms with van der Waals surface area (Å²) in [6.07, 6.45) is 5.04. The van der Waals surface area contributed by atoms with Crippen molar-refractivity contribution in [2.45, 2.75) is 47.0 Å². The van der Waals surface area contributed by atoms with E-state index in [1.165, 1.54) is 5.01 Å². The van der Waals surface area contributed by atoms with Crippen molar-refractivity contribution in [1.29, 1.82) is 0 Å². The van der Waals surface area contributed by atoms with Gasteiger partial charge in [-0.3, -0.25) is 30.0 Å².